The van der Waals surface area contributed by atoms with Gasteiger partial charge in [-0.3, -0.25) is 0 Å². The fraction of sp³-hybridized carbons (Fsp3) is 0.209. The molecule has 14 heteroatoms. The minimum absolute atomic E-state index is 0. The second-order valence-corrected chi connectivity index (χ2v) is 11.9. The first-order valence-corrected chi connectivity index (χ1v) is 17.1. The Morgan fingerprint density at radius 3 is 1.16 bits per heavy atom. The van der Waals surface area contributed by atoms with Crippen LogP contribution in [0.5, 0.6) is 23.0 Å². The van der Waals surface area contributed by atoms with E-state index in [-0.39, 0.29) is 101 Å². The number of methoxy groups -OCH3 is 1. The molecule has 0 heterocycles. The molecule has 57 heavy (non-hydrogen) atoms. The van der Waals surface area contributed by atoms with Crippen molar-refractivity contribution in [2.45, 2.75) is 33.8 Å². The third-order valence-corrected chi connectivity index (χ3v) is 6.80. The van der Waals surface area contributed by atoms with Crippen LogP contribution in [0, 0.1) is 5.92 Å². The summed E-state index contributed by atoms with van der Waals surface area (Å²) >= 11 is 0. The summed E-state index contributed by atoms with van der Waals surface area (Å²) in [6.07, 6.45) is 0.809. The summed E-state index contributed by atoms with van der Waals surface area (Å²) in [7, 11) is 1.31. The Kier molecular flexibility index (Phi) is 26.9. The SMILES string of the molecule is CC(C)COC(=O)c1ccc(O)cc1.CCCOC(=O)c1ccc(O)cc1.COC(=O)c1ccc(O)cc1.O=C(OCc1ccccc1)c1ccc(O)cc1.[Na].[Na]. The monoisotopic (exact) mass is 800 g/mol. The first kappa shape index (κ1) is 52.2. The molecule has 2 radical (unpaired) electrons. The van der Waals surface area contributed by atoms with E-state index in [0.717, 1.165) is 12.0 Å². The van der Waals surface area contributed by atoms with Crippen molar-refractivity contribution in [1.82, 2.24) is 0 Å². The predicted molar refractivity (Wildman–Crippen MR) is 217 cm³/mol. The molecule has 5 aromatic carbocycles. The number of phenolic OH excluding ortho intramolecular Hbond substituents is 4. The number of carbonyl (C=O) groups excluding carboxylic acids is 4. The molecule has 12 nitrogen and oxygen atoms in total. The molecule has 0 fully saturated rings. The van der Waals surface area contributed by atoms with E-state index in [2.05, 4.69) is 4.74 Å². The maximum atomic E-state index is 11.6. The number of esters is 4. The molecule has 0 saturated carbocycles. The predicted octanol–water partition coefficient (Wildman–Crippen LogP) is 7.33. The van der Waals surface area contributed by atoms with Crippen molar-refractivity contribution >= 4 is 83.0 Å². The van der Waals surface area contributed by atoms with E-state index in [0.29, 0.717) is 41.4 Å². The van der Waals surface area contributed by atoms with E-state index in [1.165, 1.54) is 104 Å². The quantitative estimate of drug-likeness (QED) is 0.0627. The Morgan fingerprint density at radius 1 is 0.491 bits per heavy atom. The van der Waals surface area contributed by atoms with Crippen molar-refractivity contribution in [2.24, 2.45) is 5.92 Å². The molecule has 0 saturated heterocycles. The van der Waals surface area contributed by atoms with Crippen molar-refractivity contribution in [3.8, 4) is 23.0 Å². The largest absolute Gasteiger partial charge is 0.508 e. The molecule has 0 aromatic heterocycles. The van der Waals surface area contributed by atoms with Crippen LogP contribution < -0.4 is 0 Å². The van der Waals surface area contributed by atoms with Gasteiger partial charge in [0.2, 0.25) is 0 Å². The maximum Gasteiger partial charge on any atom is 0.338 e. The van der Waals surface area contributed by atoms with E-state index in [1.807, 2.05) is 51.1 Å². The van der Waals surface area contributed by atoms with Crippen LogP contribution in [0.2, 0.25) is 0 Å². The van der Waals surface area contributed by atoms with Gasteiger partial charge in [0.05, 0.1) is 42.6 Å². The van der Waals surface area contributed by atoms with Crippen LogP contribution in [0.25, 0.3) is 0 Å². The van der Waals surface area contributed by atoms with E-state index in [9.17, 15) is 19.2 Å². The molecule has 4 N–H and O–H groups in total. The van der Waals surface area contributed by atoms with Crippen molar-refractivity contribution in [3.63, 3.8) is 0 Å². The number of aromatic hydroxyl groups is 4. The second kappa shape index (κ2) is 29.4. The third kappa shape index (κ3) is 21.9. The zero-order chi connectivity index (χ0) is 40.6. The van der Waals surface area contributed by atoms with Crippen LogP contribution >= 0.6 is 0 Å². The summed E-state index contributed by atoms with van der Waals surface area (Å²) in [6.45, 7) is 6.98. The van der Waals surface area contributed by atoms with Crippen LogP contribution in [-0.4, -0.2) is 124 Å². The number of ether oxygens (including phenoxy) is 4. The molecular weight excluding hydrogens is 754 g/mol. The molecule has 0 amide bonds. The van der Waals surface area contributed by atoms with Gasteiger partial charge in [0.1, 0.15) is 29.6 Å². The number of benzene rings is 5. The van der Waals surface area contributed by atoms with Crippen molar-refractivity contribution in [3.05, 3.63) is 155 Å². The summed E-state index contributed by atoms with van der Waals surface area (Å²) < 4.78 is 19.5. The van der Waals surface area contributed by atoms with Crippen LogP contribution in [0.3, 0.4) is 0 Å². The molecule has 5 aromatic rings. The minimum atomic E-state index is -0.398. The molecular formula is C43H46Na2O12. The van der Waals surface area contributed by atoms with Gasteiger partial charge in [-0.25, -0.2) is 19.2 Å². The topological polar surface area (TPSA) is 186 Å². The van der Waals surface area contributed by atoms with E-state index < -0.39 is 11.9 Å². The first-order valence-electron chi connectivity index (χ1n) is 17.1. The van der Waals surface area contributed by atoms with Gasteiger partial charge in [0.15, 0.2) is 0 Å². The molecule has 0 unspecified atom stereocenters. The van der Waals surface area contributed by atoms with Crippen LogP contribution in [0.1, 0.15) is 74.2 Å². The molecule has 0 aliphatic carbocycles. The Balaban J connectivity index is 0.000000734. The summed E-state index contributed by atoms with van der Waals surface area (Å²) in [4.78, 5) is 45.0. The van der Waals surface area contributed by atoms with Crippen LogP contribution in [-0.2, 0) is 25.6 Å². The zero-order valence-electron chi connectivity index (χ0n) is 33.1. The second-order valence-electron chi connectivity index (χ2n) is 11.9. The fourth-order valence-electron chi connectivity index (χ4n) is 3.92. The number of hydrogen-bond donors (Lipinski definition) is 4. The van der Waals surface area contributed by atoms with Gasteiger partial charge < -0.3 is 39.4 Å². The Hall–Kier alpha value is -4.82. The number of hydrogen-bond acceptors (Lipinski definition) is 12. The minimum Gasteiger partial charge on any atom is -0.508 e. The zero-order valence-corrected chi connectivity index (χ0v) is 37.1. The van der Waals surface area contributed by atoms with Crippen molar-refractivity contribution in [1.29, 1.82) is 0 Å². The van der Waals surface area contributed by atoms with Gasteiger partial charge in [0, 0.05) is 59.1 Å². The van der Waals surface area contributed by atoms with E-state index in [1.54, 1.807) is 0 Å². The molecule has 0 aliphatic heterocycles. The molecule has 5 rings (SSSR count). The molecule has 0 atom stereocenters. The Labute approximate surface area is 377 Å². The van der Waals surface area contributed by atoms with E-state index in [4.69, 9.17) is 34.6 Å². The molecule has 0 aliphatic rings. The van der Waals surface area contributed by atoms with Gasteiger partial charge >= 0.3 is 23.9 Å². The van der Waals surface area contributed by atoms with Crippen molar-refractivity contribution < 1.29 is 58.6 Å². The average molecular weight is 801 g/mol. The van der Waals surface area contributed by atoms with Gasteiger partial charge in [-0.15, -0.1) is 0 Å². The smallest absolute Gasteiger partial charge is 0.338 e. The molecule has 0 bridgehead atoms. The fourth-order valence-corrected chi connectivity index (χ4v) is 3.92. The Bertz CT molecular complexity index is 1880. The summed E-state index contributed by atoms with van der Waals surface area (Å²) in [6, 6.07) is 33.3. The summed E-state index contributed by atoms with van der Waals surface area (Å²) in [5.41, 5.74) is 2.73. The van der Waals surface area contributed by atoms with E-state index >= 15 is 0 Å². The third-order valence-electron chi connectivity index (χ3n) is 6.80. The number of carbonyl (C=O) groups is 4. The normalized spacial score (nSPS) is 9.42. The van der Waals surface area contributed by atoms with Gasteiger partial charge in [0.25, 0.3) is 0 Å². The number of rotatable bonds is 10. The number of phenols is 4. The van der Waals surface area contributed by atoms with Gasteiger partial charge in [-0.2, -0.15) is 0 Å². The average Bonchev–Trinajstić information content (AvgIpc) is 3.20. The van der Waals surface area contributed by atoms with Gasteiger partial charge in [-0.05, 0) is 115 Å². The molecule has 0 spiro atoms. The first-order chi connectivity index (χ1) is 26.3. The van der Waals surface area contributed by atoms with Crippen LogP contribution in [0.15, 0.2) is 127 Å². The summed E-state index contributed by atoms with van der Waals surface area (Å²) in [5.74, 6) is -0.602. The summed E-state index contributed by atoms with van der Waals surface area (Å²) in [5, 5.41) is 35.9. The van der Waals surface area contributed by atoms with Crippen LogP contribution in [0.4, 0.5) is 0 Å². The standard InChI is InChI=1S/C14H12O3.C11H14O3.C10H12O3.C8H8O3.2Na/c15-13-8-6-12(7-9-13)14(16)17-10-11-4-2-1-3-5-11;1-8(2)7-14-11(13)9-3-5-10(12)6-4-9;1-2-7-13-10(12)8-3-5-9(11)6-4-8;1-11-8(10)6-2-4-7(9)5-3-6;;/h1-9,15H,10H2;3-6,8,12H,7H2,1-2H3;3-6,11H,2,7H2,1H3;2-5,9H,1H3;;. The molecule has 292 valence electrons. The Morgan fingerprint density at radius 2 is 0.825 bits per heavy atom. The van der Waals surface area contributed by atoms with Gasteiger partial charge in [-0.1, -0.05) is 51.1 Å². The van der Waals surface area contributed by atoms with Crippen molar-refractivity contribution in [2.75, 3.05) is 20.3 Å². The maximum absolute atomic E-state index is 11.6.